The Kier molecular flexibility index (Phi) is 2.63. The molecule has 1 aromatic carbocycles. The highest BCUT2D eigenvalue weighted by atomic mass is 19.1. The third-order valence-electron chi connectivity index (χ3n) is 2.00. The summed E-state index contributed by atoms with van der Waals surface area (Å²) in [4.78, 5) is 15.2. The fourth-order valence-electron chi connectivity index (χ4n) is 1.22. The molecule has 0 aliphatic heterocycles. The van der Waals surface area contributed by atoms with E-state index in [4.69, 9.17) is 0 Å². The maximum absolute atomic E-state index is 13.4. The van der Waals surface area contributed by atoms with Crippen LogP contribution in [0.5, 0.6) is 0 Å². The van der Waals surface area contributed by atoms with Gasteiger partial charge in [0.2, 0.25) is 5.82 Å². The third kappa shape index (κ3) is 2.05. The van der Waals surface area contributed by atoms with Crippen LogP contribution in [0.25, 0.3) is 0 Å². The van der Waals surface area contributed by atoms with Crippen LogP contribution in [0.2, 0.25) is 0 Å². The fraction of sp³-hybridized carbons (Fsp3) is 0.100. The van der Waals surface area contributed by atoms with Crippen molar-refractivity contribution in [2.45, 2.75) is 6.92 Å². The van der Waals surface area contributed by atoms with Crippen molar-refractivity contribution in [2.24, 2.45) is 0 Å². The Labute approximate surface area is 90.7 Å². The zero-order valence-corrected chi connectivity index (χ0v) is 8.49. The van der Waals surface area contributed by atoms with Crippen LogP contribution in [0.3, 0.4) is 0 Å². The van der Waals surface area contributed by atoms with E-state index in [1.54, 1.807) is 13.0 Å². The monoisotopic (exact) mass is 220 g/mol. The molecule has 2 N–H and O–H groups in total. The topological polar surface area (TPSA) is 70.7 Å². The largest absolute Gasteiger partial charge is 0.317 e. The van der Waals surface area contributed by atoms with Gasteiger partial charge < -0.3 is 5.32 Å². The van der Waals surface area contributed by atoms with Crippen LogP contribution in [0, 0.1) is 12.7 Å². The van der Waals surface area contributed by atoms with Gasteiger partial charge in [-0.25, -0.2) is 9.37 Å². The van der Waals surface area contributed by atoms with E-state index in [2.05, 4.69) is 20.5 Å². The van der Waals surface area contributed by atoms with Gasteiger partial charge in [-0.2, -0.15) is 5.10 Å². The predicted molar refractivity (Wildman–Crippen MR) is 55.5 cm³/mol. The Morgan fingerprint density at radius 1 is 1.50 bits per heavy atom. The molecule has 82 valence electrons. The average molecular weight is 220 g/mol. The molecule has 5 nitrogen and oxygen atoms in total. The normalized spacial score (nSPS) is 10.1. The molecule has 0 spiro atoms. The number of hydrogen-bond donors (Lipinski definition) is 2. The minimum Gasteiger partial charge on any atom is -0.317 e. The van der Waals surface area contributed by atoms with E-state index < -0.39 is 11.7 Å². The second-order valence-corrected chi connectivity index (χ2v) is 3.27. The molecule has 0 aliphatic carbocycles. The number of amides is 1. The summed E-state index contributed by atoms with van der Waals surface area (Å²) in [6.07, 6.45) is 1.21. The number of aromatic nitrogens is 3. The lowest BCUT2D eigenvalue weighted by molar-refractivity contribution is 0.101. The first-order valence-corrected chi connectivity index (χ1v) is 4.59. The molecule has 0 aliphatic rings. The zero-order valence-electron chi connectivity index (χ0n) is 8.49. The van der Waals surface area contributed by atoms with E-state index in [1.807, 2.05) is 0 Å². The standard InChI is InChI=1S/C10H9FN4O/c1-6-2-3-8(7(11)4-6)14-10(16)9-12-5-13-15-9/h2-5H,1H3,(H,14,16)(H,12,13,15). The third-order valence-corrected chi connectivity index (χ3v) is 2.00. The number of benzene rings is 1. The average Bonchev–Trinajstić information content (AvgIpc) is 2.75. The molecule has 0 atom stereocenters. The quantitative estimate of drug-likeness (QED) is 0.805. The molecule has 0 radical (unpaired) electrons. The number of anilines is 1. The lowest BCUT2D eigenvalue weighted by Crippen LogP contribution is -2.14. The van der Waals surface area contributed by atoms with Crippen LogP contribution >= 0.6 is 0 Å². The van der Waals surface area contributed by atoms with E-state index in [1.165, 1.54) is 18.5 Å². The van der Waals surface area contributed by atoms with Gasteiger partial charge in [0.1, 0.15) is 12.1 Å². The van der Waals surface area contributed by atoms with Crippen molar-refractivity contribution in [3.63, 3.8) is 0 Å². The van der Waals surface area contributed by atoms with E-state index in [0.717, 1.165) is 5.56 Å². The van der Waals surface area contributed by atoms with Crippen molar-refractivity contribution < 1.29 is 9.18 Å². The molecule has 0 bridgehead atoms. The Balaban J connectivity index is 2.18. The van der Waals surface area contributed by atoms with Crippen LogP contribution < -0.4 is 5.32 Å². The molecule has 1 heterocycles. The first-order valence-electron chi connectivity index (χ1n) is 4.59. The predicted octanol–water partition coefficient (Wildman–Crippen LogP) is 1.50. The number of aryl methyl sites for hydroxylation is 1. The van der Waals surface area contributed by atoms with Crippen molar-refractivity contribution in [3.8, 4) is 0 Å². The molecule has 0 saturated carbocycles. The lowest BCUT2D eigenvalue weighted by atomic mass is 10.2. The van der Waals surface area contributed by atoms with Crippen molar-refractivity contribution >= 4 is 11.6 Å². The Bertz CT molecular complexity index is 510. The van der Waals surface area contributed by atoms with Gasteiger partial charge in [0.25, 0.3) is 5.91 Å². The lowest BCUT2D eigenvalue weighted by Gasteiger charge is -2.04. The minimum atomic E-state index is -0.528. The second-order valence-electron chi connectivity index (χ2n) is 3.27. The van der Waals surface area contributed by atoms with Crippen molar-refractivity contribution in [2.75, 3.05) is 5.32 Å². The smallest absolute Gasteiger partial charge is 0.293 e. The number of H-pyrrole nitrogens is 1. The zero-order chi connectivity index (χ0) is 11.5. The first kappa shape index (κ1) is 10.3. The Hall–Kier alpha value is -2.24. The van der Waals surface area contributed by atoms with Crippen LogP contribution in [0.1, 0.15) is 16.2 Å². The van der Waals surface area contributed by atoms with E-state index in [9.17, 15) is 9.18 Å². The summed E-state index contributed by atoms with van der Waals surface area (Å²) in [5, 5.41) is 8.32. The van der Waals surface area contributed by atoms with Crippen molar-refractivity contribution in [1.29, 1.82) is 0 Å². The molecule has 2 aromatic rings. The van der Waals surface area contributed by atoms with Gasteiger partial charge in [0.15, 0.2) is 0 Å². The molecule has 6 heteroatoms. The Morgan fingerprint density at radius 3 is 2.94 bits per heavy atom. The van der Waals surface area contributed by atoms with Gasteiger partial charge in [-0.15, -0.1) is 0 Å². The molecular weight excluding hydrogens is 211 g/mol. The summed E-state index contributed by atoms with van der Waals surface area (Å²) in [6, 6.07) is 4.55. The number of halogens is 1. The molecule has 1 aromatic heterocycles. The maximum atomic E-state index is 13.4. The molecule has 16 heavy (non-hydrogen) atoms. The summed E-state index contributed by atoms with van der Waals surface area (Å²) in [6.45, 7) is 1.77. The van der Waals surface area contributed by atoms with Gasteiger partial charge in [-0.1, -0.05) is 6.07 Å². The summed E-state index contributed by atoms with van der Waals surface area (Å²) >= 11 is 0. The number of carbonyl (C=O) groups is 1. The molecule has 0 unspecified atom stereocenters. The molecule has 0 saturated heterocycles. The van der Waals surface area contributed by atoms with Gasteiger partial charge in [0, 0.05) is 0 Å². The Morgan fingerprint density at radius 2 is 2.31 bits per heavy atom. The molecular formula is C10H9FN4O. The number of aromatic amines is 1. The molecule has 0 fully saturated rings. The van der Waals surface area contributed by atoms with Crippen LogP contribution in [-0.4, -0.2) is 21.1 Å². The highest BCUT2D eigenvalue weighted by Gasteiger charge is 2.11. The summed E-state index contributed by atoms with van der Waals surface area (Å²) in [5.74, 6) is -0.965. The highest BCUT2D eigenvalue weighted by molar-refractivity contribution is 6.01. The highest BCUT2D eigenvalue weighted by Crippen LogP contribution is 2.15. The summed E-state index contributed by atoms with van der Waals surface area (Å²) in [7, 11) is 0. The first-order chi connectivity index (χ1) is 7.66. The summed E-state index contributed by atoms with van der Waals surface area (Å²) < 4.78 is 13.4. The van der Waals surface area contributed by atoms with Gasteiger partial charge >= 0.3 is 0 Å². The molecule has 2 rings (SSSR count). The van der Waals surface area contributed by atoms with Crippen molar-refractivity contribution in [3.05, 3.63) is 41.7 Å². The van der Waals surface area contributed by atoms with Gasteiger partial charge in [-0.05, 0) is 24.6 Å². The van der Waals surface area contributed by atoms with E-state index in [-0.39, 0.29) is 11.5 Å². The molecule has 1 amide bonds. The SMILES string of the molecule is Cc1ccc(NC(=O)c2ncn[nH]2)c(F)c1. The number of nitrogens with one attached hydrogen (secondary N) is 2. The van der Waals surface area contributed by atoms with Gasteiger partial charge in [-0.3, -0.25) is 9.89 Å². The number of rotatable bonds is 2. The van der Waals surface area contributed by atoms with Gasteiger partial charge in [0.05, 0.1) is 5.69 Å². The second kappa shape index (κ2) is 4.09. The van der Waals surface area contributed by atoms with E-state index >= 15 is 0 Å². The number of hydrogen-bond acceptors (Lipinski definition) is 3. The van der Waals surface area contributed by atoms with Crippen LogP contribution in [-0.2, 0) is 0 Å². The number of carbonyl (C=O) groups excluding carboxylic acids is 1. The maximum Gasteiger partial charge on any atom is 0.293 e. The van der Waals surface area contributed by atoms with Crippen molar-refractivity contribution in [1.82, 2.24) is 15.2 Å². The van der Waals surface area contributed by atoms with Crippen LogP contribution in [0.15, 0.2) is 24.5 Å². The van der Waals surface area contributed by atoms with E-state index in [0.29, 0.717) is 0 Å². The summed E-state index contributed by atoms with van der Waals surface area (Å²) in [5.41, 5.74) is 0.905. The number of nitrogens with zero attached hydrogens (tertiary/aromatic N) is 2. The van der Waals surface area contributed by atoms with Crippen LogP contribution in [0.4, 0.5) is 10.1 Å². The fourth-order valence-corrected chi connectivity index (χ4v) is 1.22. The minimum absolute atomic E-state index is 0.0416.